The molecule has 1 aliphatic heterocycles. The molecule has 1 aliphatic carbocycles. The highest BCUT2D eigenvalue weighted by atomic mass is 16.5. The third-order valence-corrected chi connectivity index (χ3v) is 5.07. The summed E-state index contributed by atoms with van der Waals surface area (Å²) in [5.74, 6) is -0.609. The minimum atomic E-state index is -0.495. The maximum absolute atomic E-state index is 13.1. The van der Waals surface area contributed by atoms with Crippen molar-refractivity contribution in [3.8, 4) is 0 Å². The first-order valence-electron chi connectivity index (χ1n) is 8.68. The molecule has 136 valence electrons. The van der Waals surface area contributed by atoms with Crippen molar-refractivity contribution in [2.75, 3.05) is 13.7 Å². The number of methoxy groups -OCH3 is 1. The van der Waals surface area contributed by atoms with Crippen LogP contribution in [0.4, 0.5) is 0 Å². The number of hydrogen-bond donors (Lipinski definition) is 1. The van der Waals surface area contributed by atoms with Gasteiger partial charge >= 0.3 is 5.97 Å². The molecule has 2 aliphatic rings. The van der Waals surface area contributed by atoms with Gasteiger partial charge in [-0.25, -0.2) is 4.79 Å². The second-order valence-corrected chi connectivity index (χ2v) is 6.72. The highest BCUT2D eigenvalue weighted by Crippen LogP contribution is 2.29. The van der Waals surface area contributed by atoms with Gasteiger partial charge in [0.25, 0.3) is 5.91 Å². The first kappa shape index (κ1) is 16.6. The standard InChI is InChI=1S/C18H20N4O4/c1-10-15(16-12(19-10)4-3-5-14(16)23)17(24)21-6-7-22-11(9-21)8-13(20-22)18(25)26-2/h8,19H,3-7,9H2,1-2H3. The van der Waals surface area contributed by atoms with Crippen LogP contribution in [0.25, 0.3) is 0 Å². The SMILES string of the molecule is COC(=O)c1cc2n(n1)CCN(C(=O)c1c(C)[nH]c3c1C(=O)CCC3)C2. The van der Waals surface area contributed by atoms with Crippen LogP contribution in [0.15, 0.2) is 6.07 Å². The van der Waals surface area contributed by atoms with Gasteiger partial charge in [-0.3, -0.25) is 14.3 Å². The van der Waals surface area contributed by atoms with Crippen molar-refractivity contribution in [1.29, 1.82) is 0 Å². The highest BCUT2D eigenvalue weighted by Gasteiger charge is 2.32. The summed E-state index contributed by atoms with van der Waals surface area (Å²) >= 11 is 0. The number of carbonyl (C=O) groups is 3. The normalized spacial score (nSPS) is 16.2. The molecule has 0 spiro atoms. The molecule has 0 atom stereocenters. The van der Waals surface area contributed by atoms with Crippen molar-refractivity contribution < 1.29 is 19.1 Å². The first-order valence-corrected chi connectivity index (χ1v) is 8.68. The molecule has 3 heterocycles. The largest absolute Gasteiger partial charge is 0.464 e. The van der Waals surface area contributed by atoms with Crippen LogP contribution < -0.4 is 0 Å². The number of amides is 1. The predicted molar refractivity (Wildman–Crippen MR) is 91.1 cm³/mol. The first-order chi connectivity index (χ1) is 12.5. The molecule has 8 nitrogen and oxygen atoms in total. The van der Waals surface area contributed by atoms with Gasteiger partial charge in [0.05, 0.1) is 37.0 Å². The van der Waals surface area contributed by atoms with E-state index in [9.17, 15) is 14.4 Å². The van der Waals surface area contributed by atoms with Gasteiger partial charge in [-0.1, -0.05) is 0 Å². The molecule has 0 unspecified atom stereocenters. The molecule has 0 saturated carbocycles. The number of aryl methyl sites for hydroxylation is 2. The van der Waals surface area contributed by atoms with Crippen LogP contribution in [0.2, 0.25) is 0 Å². The lowest BCUT2D eigenvalue weighted by Gasteiger charge is -2.28. The minimum absolute atomic E-state index is 0.0361. The van der Waals surface area contributed by atoms with Gasteiger partial charge in [-0.05, 0) is 25.8 Å². The summed E-state index contributed by atoms with van der Waals surface area (Å²) < 4.78 is 6.42. The van der Waals surface area contributed by atoms with Crippen LogP contribution in [-0.4, -0.2) is 51.0 Å². The number of H-pyrrole nitrogens is 1. The Labute approximate surface area is 150 Å². The molecule has 1 N–H and O–H groups in total. The summed E-state index contributed by atoms with van der Waals surface area (Å²) in [4.78, 5) is 42.1. The highest BCUT2D eigenvalue weighted by molar-refractivity contribution is 6.10. The van der Waals surface area contributed by atoms with Crippen LogP contribution in [0.1, 0.15) is 61.1 Å². The summed E-state index contributed by atoms with van der Waals surface area (Å²) in [5, 5.41) is 4.22. The van der Waals surface area contributed by atoms with E-state index in [0.717, 1.165) is 29.9 Å². The van der Waals surface area contributed by atoms with Crippen molar-refractivity contribution in [2.45, 2.75) is 39.3 Å². The predicted octanol–water partition coefficient (Wildman–Crippen LogP) is 1.48. The fourth-order valence-corrected chi connectivity index (χ4v) is 3.81. The van der Waals surface area contributed by atoms with Crippen molar-refractivity contribution in [2.24, 2.45) is 0 Å². The topological polar surface area (TPSA) is 97.3 Å². The smallest absolute Gasteiger partial charge is 0.358 e. The number of rotatable bonds is 2. The monoisotopic (exact) mass is 356 g/mol. The summed E-state index contributed by atoms with van der Waals surface area (Å²) in [7, 11) is 1.31. The number of carbonyl (C=O) groups excluding carboxylic acids is 3. The average molecular weight is 356 g/mol. The van der Waals surface area contributed by atoms with Gasteiger partial charge in [0, 0.05) is 24.4 Å². The molecule has 2 aromatic rings. The summed E-state index contributed by atoms with van der Waals surface area (Å²) in [6.45, 7) is 3.15. The fraction of sp³-hybridized carbons (Fsp3) is 0.444. The molecular weight excluding hydrogens is 336 g/mol. The lowest BCUT2D eigenvalue weighted by atomic mass is 9.92. The van der Waals surface area contributed by atoms with Crippen molar-refractivity contribution in [1.82, 2.24) is 19.7 Å². The quantitative estimate of drug-likeness (QED) is 0.822. The number of aromatic nitrogens is 3. The van der Waals surface area contributed by atoms with Gasteiger partial charge < -0.3 is 14.6 Å². The van der Waals surface area contributed by atoms with Crippen LogP contribution in [0.5, 0.6) is 0 Å². The van der Waals surface area contributed by atoms with Gasteiger partial charge in [0.1, 0.15) is 0 Å². The Morgan fingerprint density at radius 1 is 1.27 bits per heavy atom. The van der Waals surface area contributed by atoms with Gasteiger partial charge in [-0.15, -0.1) is 0 Å². The molecule has 0 aromatic carbocycles. The Hall–Kier alpha value is -2.90. The Morgan fingerprint density at radius 2 is 2.08 bits per heavy atom. The number of hydrogen-bond acceptors (Lipinski definition) is 5. The minimum Gasteiger partial charge on any atom is -0.464 e. The Morgan fingerprint density at radius 3 is 2.85 bits per heavy atom. The van der Waals surface area contributed by atoms with Crippen LogP contribution >= 0.6 is 0 Å². The third-order valence-electron chi connectivity index (χ3n) is 5.07. The number of nitrogens with one attached hydrogen (secondary N) is 1. The summed E-state index contributed by atoms with van der Waals surface area (Å²) in [6, 6.07) is 1.65. The van der Waals surface area contributed by atoms with Gasteiger partial charge in [-0.2, -0.15) is 5.10 Å². The lowest BCUT2D eigenvalue weighted by molar-refractivity contribution is 0.0591. The third kappa shape index (κ3) is 2.53. The Bertz CT molecular complexity index is 924. The van der Waals surface area contributed by atoms with E-state index in [1.54, 1.807) is 15.6 Å². The number of fused-ring (bicyclic) bond motifs is 2. The van der Waals surface area contributed by atoms with E-state index < -0.39 is 5.97 Å². The number of nitrogens with zero attached hydrogens (tertiary/aromatic N) is 3. The van der Waals surface area contributed by atoms with Crippen molar-refractivity contribution in [3.05, 3.63) is 40.0 Å². The fourth-order valence-electron chi connectivity index (χ4n) is 3.81. The molecule has 0 bridgehead atoms. The maximum atomic E-state index is 13.1. The van der Waals surface area contributed by atoms with E-state index in [1.165, 1.54) is 7.11 Å². The second kappa shape index (κ2) is 6.12. The van der Waals surface area contributed by atoms with Crippen LogP contribution in [-0.2, 0) is 24.2 Å². The molecule has 0 fully saturated rings. The molecule has 8 heteroatoms. The lowest BCUT2D eigenvalue weighted by Crippen LogP contribution is -2.39. The molecule has 2 aromatic heterocycles. The average Bonchev–Trinajstić information content (AvgIpc) is 3.20. The molecule has 1 amide bonds. The van der Waals surface area contributed by atoms with E-state index in [2.05, 4.69) is 10.1 Å². The summed E-state index contributed by atoms with van der Waals surface area (Å²) in [6.07, 6.45) is 2.10. The molecule has 4 rings (SSSR count). The number of aromatic amines is 1. The molecule has 0 saturated heterocycles. The number of Topliss-reactive ketones (excluding diaryl/α,β-unsaturated/α-hetero) is 1. The van der Waals surface area contributed by atoms with Crippen LogP contribution in [0, 0.1) is 6.92 Å². The van der Waals surface area contributed by atoms with Crippen molar-refractivity contribution >= 4 is 17.7 Å². The summed E-state index contributed by atoms with van der Waals surface area (Å²) in [5.41, 5.74) is 3.68. The number of ketones is 1. The van der Waals surface area contributed by atoms with E-state index in [1.807, 2.05) is 6.92 Å². The Kier molecular flexibility index (Phi) is 3.90. The molecular formula is C18H20N4O4. The van der Waals surface area contributed by atoms with Gasteiger partial charge in [0.15, 0.2) is 11.5 Å². The maximum Gasteiger partial charge on any atom is 0.358 e. The zero-order valence-electron chi connectivity index (χ0n) is 14.8. The van der Waals surface area contributed by atoms with E-state index >= 15 is 0 Å². The second-order valence-electron chi connectivity index (χ2n) is 6.72. The zero-order valence-corrected chi connectivity index (χ0v) is 14.8. The Balaban J connectivity index is 1.63. The van der Waals surface area contributed by atoms with E-state index in [4.69, 9.17) is 4.74 Å². The van der Waals surface area contributed by atoms with E-state index in [0.29, 0.717) is 37.2 Å². The number of esters is 1. The molecule has 26 heavy (non-hydrogen) atoms. The van der Waals surface area contributed by atoms with Crippen LogP contribution in [0.3, 0.4) is 0 Å². The zero-order chi connectivity index (χ0) is 18.4. The van der Waals surface area contributed by atoms with Gasteiger partial charge in [0.2, 0.25) is 0 Å². The number of ether oxygens (including phenoxy) is 1. The van der Waals surface area contributed by atoms with E-state index in [-0.39, 0.29) is 17.4 Å². The molecule has 0 radical (unpaired) electrons. The van der Waals surface area contributed by atoms with Crippen molar-refractivity contribution in [3.63, 3.8) is 0 Å².